The Morgan fingerprint density at radius 3 is 2.71 bits per heavy atom. The lowest BCUT2D eigenvalue weighted by molar-refractivity contribution is -0.120. The summed E-state index contributed by atoms with van der Waals surface area (Å²) in [6.07, 6.45) is 1.68. The summed E-state index contributed by atoms with van der Waals surface area (Å²) >= 11 is 0. The smallest absolute Gasteiger partial charge is 0.233 e. The fourth-order valence-corrected chi connectivity index (χ4v) is 1.42. The highest BCUT2D eigenvalue weighted by molar-refractivity contribution is 5.77. The van der Waals surface area contributed by atoms with E-state index in [2.05, 4.69) is 24.5 Å². The Balaban J connectivity index is 3.60. The van der Waals surface area contributed by atoms with Crippen LogP contribution in [0.5, 0.6) is 0 Å². The van der Waals surface area contributed by atoms with Crippen LogP contribution in [0.4, 0.5) is 0 Å². The molecule has 0 aromatic heterocycles. The average Bonchev–Trinajstić information content (AvgIpc) is 2.30. The third-order valence-corrected chi connectivity index (χ3v) is 2.54. The van der Waals surface area contributed by atoms with Gasteiger partial charge in [-0.15, -0.1) is 0 Å². The highest BCUT2D eigenvalue weighted by atomic mass is 16.5. The van der Waals surface area contributed by atoms with E-state index in [-0.39, 0.29) is 17.9 Å². The second-order valence-corrected chi connectivity index (χ2v) is 4.94. The van der Waals surface area contributed by atoms with E-state index in [1.54, 1.807) is 7.11 Å². The van der Waals surface area contributed by atoms with E-state index < -0.39 is 0 Å². The molecule has 0 unspecified atom stereocenters. The number of hydrogen-bond acceptors (Lipinski definition) is 4. The molecule has 0 aromatic rings. The molecule has 0 aliphatic heterocycles. The van der Waals surface area contributed by atoms with Crippen LogP contribution in [0.3, 0.4) is 0 Å². The fraction of sp³-hybridized carbons (Fsp3) is 0.917. The van der Waals surface area contributed by atoms with E-state index in [0.29, 0.717) is 26.2 Å². The van der Waals surface area contributed by atoms with Gasteiger partial charge < -0.3 is 20.5 Å². The summed E-state index contributed by atoms with van der Waals surface area (Å²) in [5.74, 6) is -0.00169. The van der Waals surface area contributed by atoms with Crippen molar-refractivity contribution in [2.75, 3.05) is 40.0 Å². The molecule has 5 heteroatoms. The maximum absolute atomic E-state index is 11.5. The van der Waals surface area contributed by atoms with Crippen molar-refractivity contribution in [3.8, 4) is 0 Å². The summed E-state index contributed by atoms with van der Waals surface area (Å²) in [5, 5.41) is 14.6. The molecular weight excluding hydrogens is 220 g/mol. The van der Waals surface area contributed by atoms with E-state index in [0.717, 1.165) is 12.8 Å². The molecular formula is C12H26N2O3. The van der Waals surface area contributed by atoms with Crippen molar-refractivity contribution in [2.45, 2.75) is 26.7 Å². The number of aliphatic hydroxyl groups is 1. The minimum absolute atomic E-state index is 0.00169. The summed E-state index contributed by atoms with van der Waals surface area (Å²) in [6, 6.07) is 0. The summed E-state index contributed by atoms with van der Waals surface area (Å²) in [6.45, 7) is 6.61. The predicted octanol–water partition coefficient (Wildman–Crippen LogP) is 0.137. The molecule has 3 N–H and O–H groups in total. The Bertz CT molecular complexity index is 208. The third kappa shape index (κ3) is 10.2. The zero-order chi connectivity index (χ0) is 13.1. The number of methoxy groups -OCH3 is 1. The van der Waals surface area contributed by atoms with Crippen molar-refractivity contribution in [3.05, 3.63) is 0 Å². The van der Waals surface area contributed by atoms with Crippen LogP contribution in [0, 0.1) is 5.41 Å². The van der Waals surface area contributed by atoms with Crippen molar-refractivity contribution in [1.82, 2.24) is 10.6 Å². The van der Waals surface area contributed by atoms with Crippen LogP contribution in [0.25, 0.3) is 0 Å². The number of rotatable bonds is 10. The number of carbonyl (C=O) groups is 1. The van der Waals surface area contributed by atoms with Gasteiger partial charge in [0.1, 0.15) is 0 Å². The van der Waals surface area contributed by atoms with Gasteiger partial charge in [0.2, 0.25) is 5.91 Å². The van der Waals surface area contributed by atoms with E-state index >= 15 is 0 Å². The number of hydrogen-bond donors (Lipinski definition) is 3. The molecule has 0 radical (unpaired) electrons. The molecule has 0 aliphatic carbocycles. The van der Waals surface area contributed by atoms with E-state index in [1.807, 2.05) is 0 Å². The molecule has 1 amide bonds. The van der Waals surface area contributed by atoms with E-state index in [1.165, 1.54) is 0 Å². The van der Waals surface area contributed by atoms with Gasteiger partial charge in [-0.1, -0.05) is 13.8 Å². The third-order valence-electron chi connectivity index (χ3n) is 2.54. The SMILES string of the molecule is COCCNCC(=O)NCC(C)(C)CCCO. The van der Waals surface area contributed by atoms with Gasteiger partial charge in [0.25, 0.3) is 0 Å². The van der Waals surface area contributed by atoms with Crippen molar-refractivity contribution in [2.24, 2.45) is 5.41 Å². The van der Waals surface area contributed by atoms with Crippen LogP contribution < -0.4 is 10.6 Å². The molecule has 0 aliphatic rings. The normalized spacial score (nSPS) is 11.5. The lowest BCUT2D eigenvalue weighted by Crippen LogP contribution is -2.39. The van der Waals surface area contributed by atoms with Crippen LogP contribution in [0.15, 0.2) is 0 Å². The molecule has 17 heavy (non-hydrogen) atoms. The molecule has 0 bridgehead atoms. The molecule has 0 aromatic carbocycles. The first-order valence-electron chi connectivity index (χ1n) is 6.09. The molecule has 0 fully saturated rings. The monoisotopic (exact) mass is 246 g/mol. The summed E-state index contributed by atoms with van der Waals surface area (Å²) < 4.78 is 4.86. The number of ether oxygens (including phenoxy) is 1. The molecule has 0 heterocycles. The standard InChI is InChI=1S/C12H26N2O3/c1-12(2,5-4-7-15)10-14-11(16)9-13-6-8-17-3/h13,15H,4-10H2,1-3H3,(H,14,16). The lowest BCUT2D eigenvalue weighted by atomic mass is 9.88. The number of carbonyl (C=O) groups excluding carboxylic acids is 1. The van der Waals surface area contributed by atoms with Crippen LogP contribution in [-0.2, 0) is 9.53 Å². The predicted molar refractivity (Wildman–Crippen MR) is 67.9 cm³/mol. The average molecular weight is 246 g/mol. The molecule has 0 saturated heterocycles. The molecule has 0 atom stereocenters. The van der Waals surface area contributed by atoms with Crippen LogP contribution >= 0.6 is 0 Å². The summed E-state index contributed by atoms with van der Waals surface area (Å²) in [4.78, 5) is 11.5. The second kappa shape index (κ2) is 9.39. The Kier molecular flexibility index (Phi) is 9.03. The van der Waals surface area contributed by atoms with Crippen molar-refractivity contribution in [1.29, 1.82) is 0 Å². The molecule has 102 valence electrons. The van der Waals surface area contributed by atoms with Crippen LogP contribution in [0.2, 0.25) is 0 Å². The van der Waals surface area contributed by atoms with Crippen molar-refractivity contribution >= 4 is 5.91 Å². The van der Waals surface area contributed by atoms with Crippen LogP contribution in [-0.4, -0.2) is 51.0 Å². The fourth-order valence-electron chi connectivity index (χ4n) is 1.42. The molecule has 0 spiro atoms. The van der Waals surface area contributed by atoms with Gasteiger partial charge in [0.05, 0.1) is 13.2 Å². The van der Waals surface area contributed by atoms with Gasteiger partial charge >= 0.3 is 0 Å². The molecule has 0 rings (SSSR count). The van der Waals surface area contributed by atoms with E-state index in [9.17, 15) is 4.79 Å². The first-order valence-corrected chi connectivity index (χ1v) is 6.09. The zero-order valence-electron chi connectivity index (χ0n) is 11.2. The maximum Gasteiger partial charge on any atom is 0.233 e. The Labute approximate surface area is 104 Å². The Morgan fingerprint density at radius 1 is 1.41 bits per heavy atom. The Hall–Kier alpha value is -0.650. The Morgan fingerprint density at radius 2 is 2.12 bits per heavy atom. The van der Waals surface area contributed by atoms with Crippen LogP contribution in [0.1, 0.15) is 26.7 Å². The summed E-state index contributed by atoms with van der Waals surface area (Å²) in [7, 11) is 1.63. The maximum atomic E-state index is 11.5. The number of amides is 1. The quantitative estimate of drug-likeness (QED) is 0.479. The van der Waals surface area contributed by atoms with Gasteiger partial charge in [0, 0.05) is 26.8 Å². The largest absolute Gasteiger partial charge is 0.396 e. The number of aliphatic hydroxyl groups excluding tert-OH is 1. The minimum atomic E-state index is -0.00169. The lowest BCUT2D eigenvalue weighted by Gasteiger charge is -2.24. The van der Waals surface area contributed by atoms with Crippen molar-refractivity contribution < 1.29 is 14.6 Å². The first kappa shape index (κ1) is 16.4. The highest BCUT2D eigenvalue weighted by Gasteiger charge is 2.17. The zero-order valence-corrected chi connectivity index (χ0v) is 11.2. The molecule has 5 nitrogen and oxygen atoms in total. The van der Waals surface area contributed by atoms with E-state index in [4.69, 9.17) is 9.84 Å². The van der Waals surface area contributed by atoms with Gasteiger partial charge in [-0.2, -0.15) is 0 Å². The topological polar surface area (TPSA) is 70.6 Å². The minimum Gasteiger partial charge on any atom is -0.396 e. The van der Waals surface area contributed by atoms with Gasteiger partial charge in [-0.25, -0.2) is 0 Å². The second-order valence-electron chi connectivity index (χ2n) is 4.94. The van der Waals surface area contributed by atoms with Gasteiger partial charge in [-0.05, 0) is 18.3 Å². The highest BCUT2D eigenvalue weighted by Crippen LogP contribution is 2.20. The first-order chi connectivity index (χ1) is 8.02. The van der Waals surface area contributed by atoms with Gasteiger partial charge in [0.15, 0.2) is 0 Å². The van der Waals surface area contributed by atoms with Crippen molar-refractivity contribution in [3.63, 3.8) is 0 Å². The molecule has 0 saturated carbocycles. The number of nitrogens with one attached hydrogen (secondary N) is 2. The summed E-state index contributed by atoms with van der Waals surface area (Å²) in [5.41, 5.74) is 0.0327. The van der Waals surface area contributed by atoms with Gasteiger partial charge in [-0.3, -0.25) is 4.79 Å².